The summed E-state index contributed by atoms with van der Waals surface area (Å²) in [5.74, 6) is 1.12. The monoisotopic (exact) mass is 126 g/mol. The van der Waals surface area contributed by atoms with Crippen LogP contribution in [0.25, 0.3) is 0 Å². The maximum atomic E-state index is 2.56. The van der Waals surface area contributed by atoms with Gasteiger partial charge in [-0.05, 0) is 12.8 Å². The van der Waals surface area contributed by atoms with Crippen LogP contribution < -0.4 is 5.32 Å². The molecular formula is C8H16N+. The lowest BCUT2D eigenvalue weighted by molar-refractivity contribution is -0.678. The Morgan fingerprint density at radius 2 is 1.89 bits per heavy atom. The molecule has 1 atom stereocenters. The molecule has 1 heterocycles. The molecule has 1 aliphatic heterocycles. The minimum Gasteiger partial charge on any atom is -0.344 e. The van der Waals surface area contributed by atoms with E-state index in [-0.39, 0.29) is 0 Å². The first-order valence-electron chi connectivity index (χ1n) is 4.30. The summed E-state index contributed by atoms with van der Waals surface area (Å²) < 4.78 is 0. The van der Waals surface area contributed by atoms with Gasteiger partial charge in [0.1, 0.15) is 0 Å². The van der Waals surface area contributed by atoms with E-state index in [4.69, 9.17) is 0 Å². The van der Waals surface area contributed by atoms with Crippen LogP contribution in [-0.2, 0) is 0 Å². The van der Waals surface area contributed by atoms with Crippen LogP contribution in [0.3, 0.4) is 0 Å². The second-order valence-electron chi connectivity index (χ2n) is 3.52. The van der Waals surface area contributed by atoms with Crippen LogP contribution in [0, 0.1) is 5.92 Å². The summed E-state index contributed by atoms with van der Waals surface area (Å²) in [7, 11) is 0. The summed E-state index contributed by atoms with van der Waals surface area (Å²) in [5, 5.41) is 2.56. The first-order valence-corrected chi connectivity index (χ1v) is 4.30. The quantitative estimate of drug-likeness (QED) is 0.527. The van der Waals surface area contributed by atoms with Gasteiger partial charge < -0.3 is 5.32 Å². The van der Waals surface area contributed by atoms with Gasteiger partial charge in [-0.2, -0.15) is 0 Å². The average molecular weight is 126 g/mol. The van der Waals surface area contributed by atoms with Crippen LogP contribution in [0.4, 0.5) is 0 Å². The Morgan fingerprint density at radius 3 is 2.33 bits per heavy atom. The Kier molecular flexibility index (Phi) is 1.46. The molecule has 0 spiro atoms. The highest BCUT2D eigenvalue weighted by Crippen LogP contribution is 2.30. The molecule has 0 bridgehead atoms. The number of rotatable bonds is 1. The highest BCUT2D eigenvalue weighted by Gasteiger charge is 2.31. The van der Waals surface area contributed by atoms with E-state index < -0.39 is 0 Å². The molecule has 52 valence electrons. The van der Waals surface area contributed by atoms with Crippen molar-refractivity contribution in [3.63, 3.8) is 0 Å². The summed E-state index contributed by atoms with van der Waals surface area (Å²) in [6.07, 6.45) is 7.54. The van der Waals surface area contributed by atoms with Gasteiger partial charge in [0.2, 0.25) is 0 Å². The van der Waals surface area contributed by atoms with Gasteiger partial charge >= 0.3 is 0 Å². The number of hydrogen-bond donors (Lipinski definition) is 1. The van der Waals surface area contributed by atoms with E-state index in [0.717, 1.165) is 12.0 Å². The topological polar surface area (TPSA) is 16.6 Å². The lowest BCUT2D eigenvalue weighted by Gasteiger charge is -2.28. The fourth-order valence-corrected chi connectivity index (χ4v) is 2.10. The van der Waals surface area contributed by atoms with Crippen LogP contribution in [0.15, 0.2) is 0 Å². The predicted octanol–water partition coefficient (Wildman–Crippen LogP) is 0.512. The highest BCUT2D eigenvalue weighted by atomic mass is 14.9. The fourth-order valence-electron chi connectivity index (χ4n) is 2.10. The SMILES string of the molecule is C1CC([C@@H]2CCC[NH2+]2)C1. The molecule has 0 aromatic heterocycles. The molecule has 1 nitrogen and oxygen atoms in total. The summed E-state index contributed by atoms with van der Waals surface area (Å²) in [5.41, 5.74) is 0. The standard InChI is InChI=1S/C8H15N/c1-3-7(4-1)8-5-2-6-9-8/h7-9H,1-6H2/p+1/t8-/m0/s1. The normalized spacial score (nSPS) is 36.7. The van der Waals surface area contributed by atoms with Gasteiger partial charge in [-0.1, -0.05) is 6.42 Å². The third-order valence-corrected chi connectivity index (χ3v) is 2.97. The van der Waals surface area contributed by atoms with E-state index >= 15 is 0 Å². The molecule has 0 aromatic rings. The van der Waals surface area contributed by atoms with Gasteiger partial charge in [-0.3, -0.25) is 0 Å². The molecule has 0 amide bonds. The van der Waals surface area contributed by atoms with Crippen molar-refractivity contribution in [3.8, 4) is 0 Å². The Balaban J connectivity index is 1.82. The van der Waals surface area contributed by atoms with E-state index in [1.165, 1.54) is 38.6 Å². The zero-order chi connectivity index (χ0) is 6.10. The molecule has 1 saturated carbocycles. The zero-order valence-electron chi connectivity index (χ0n) is 5.97. The molecular weight excluding hydrogens is 110 g/mol. The van der Waals surface area contributed by atoms with E-state index in [0.29, 0.717) is 0 Å². The van der Waals surface area contributed by atoms with E-state index in [9.17, 15) is 0 Å². The molecule has 9 heavy (non-hydrogen) atoms. The molecule has 2 fully saturated rings. The van der Waals surface area contributed by atoms with Crippen LogP contribution >= 0.6 is 0 Å². The second-order valence-corrected chi connectivity index (χ2v) is 3.52. The zero-order valence-corrected chi connectivity index (χ0v) is 5.97. The van der Waals surface area contributed by atoms with Crippen molar-refractivity contribution < 1.29 is 5.32 Å². The number of nitrogens with two attached hydrogens (primary N) is 1. The second kappa shape index (κ2) is 2.30. The Bertz CT molecular complexity index is 90.7. The summed E-state index contributed by atoms with van der Waals surface area (Å²) in [6.45, 7) is 1.40. The molecule has 1 aliphatic carbocycles. The minimum atomic E-state index is 1.04. The van der Waals surface area contributed by atoms with Gasteiger partial charge in [0.05, 0.1) is 12.6 Å². The van der Waals surface area contributed by atoms with Gasteiger partial charge in [0.25, 0.3) is 0 Å². The molecule has 2 aliphatic rings. The van der Waals surface area contributed by atoms with Crippen molar-refractivity contribution in [2.24, 2.45) is 5.92 Å². The molecule has 1 saturated heterocycles. The Morgan fingerprint density at radius 1 is 1.00 bits per heavy atom. The van der Waals surface area contributed by atoms with Crippen molar-refractivity contribution >= 4 is 0 Å². The molecule has 0 unspecified atom stereocenters. The third-order valence-electron chi connectivity index (χ3n) is 2.97. The fraction of sp³-hybridized carbons (Fsp3) is 1.00. The number of hydrogen-bond acceptors (Lipinski definition) is 0. The smallest absolute Gasteiger partial charge is 0.0889 e. The molecule has 0 aromatic carbocycles. The van der Waals surface area contributed by atoms with Crippen LogP contribution in [-0.4, -0.2) is 12.6 Å². The lowest BCUT2D eigenvalue weighted by atomic mass is 9.79. The van der Waals surface area contributed by atoms with Gasteiger partial charge in [0, 0.05) is 18.8 Å². The van der Waals surface area contributed by atoms with Crippen molar-refractivity contribution in [1.29, 1.82) is 0 Å². The lowest BCUT2D eigenvalue weighted by Crippen LogP contribution is -2.88. The van der Waals surface area contributed by atoms with Crippen molar-refractivity contribution in [2.75, 3.05) is 6.54 Å². The highest BCUT2D eigenvalue weighted by molar-refractivity contribution is 4.77. The molecule has 2 N–H and O–H groups in total. The van der Waals surface area contributed by atoms with Gasteiger partial charge in [-0.25, -0.2) is 0 Å². The van der Waals surface area contributed by atoms with Crippen molar-refractivity contribution in [2.45, 2.75) is 38.1 Å². The summed E-state index contributed by atoms with van der Waals surface area (Å²) in [4.78, 5) is 0. The van der Waals surface area contributed by atoms with Gasteiger partial charge in [0.15, 0.2) is 0 Å². The average Bonchev–Trinajstić information content (AvgIpc) is 2.11. The molecule has 0 radical (unpaired) electrons. The summed E-state index contributed by atoms with van der Waals surface area (Å²) in [6, 6.07) is 1.04. The first-order chi connectivity index (χ1) is 4.47. The summed E-state index contributed by atoms with van der Waals surface area (Å²) >= 11 is 0. The number of quaternary nitrogens is 1. The molecule has 1 heteroatoms. The van der Waals surface area contributed by atoms with Crippen molar-refractivity contribution in [3.05, 3.63) is 0 Å². The maximum Gasteiger partial charge on any atom is 0.0889 e. The first kappa shape index (κ1) is 5.72. The Labute approximate surface area is 56.8 Å². The molecule has 2 rings (SSSR count). The van der Waals surface area contributed by atoms with Crippen LogP contribution in [0.5, 0.6) is 0 Å². The van der Waals surface area contributed by atoms with Gasteiger partial charge in [-0.15, -0.1) is 0 Å². The van der Waals surface area contributed by atoms with E-state index in [2.05, 4.69) is 5.32 Å². The van der Waals surface area contributed by atoms with Crippen LogP contribution in [0.1, 0.15) is 32.1 Å². The van der Waals surface area contributed by atoms with E-state index in [1.807, 2.05) is 0 Å². The van der Waals surface area contributed by atoms with Crippen molar-refractivity contribution in [1.82, 2.24) is 0 Å². The largest absolute Gasteiger partial charge is 0.344 e. The predicted molar refractivity (Wildman–Crippen MR) is 37.2 cm³/mol. The minimum absolute atomic E-state index is 1.04. The van der Waals surface area contributed by atoms with E-state index in [1.54, 1.807) is 0 Å². The third kappa shape index (κ3) is 0.983. The Hall–Kier alpha value is -0.0400. The maximum absolute atomic E-state index is 2.56. The van der Waals surface area contributed by atoms with Crippen LogP contribution in [0.2, 0.25) is 0 Å².